The van der Waals surface area contributed by atoms with E-state index in [4.69, 9.17) is 5.73 Å². The number of rotatable bonds is 5. The van der Waals surface area contributed by atoms with Gasteiger partial charge in [0, 0.05) is 12.2 Å². The lowest BCUT2D eigenvalue weighted by Crippen LogP contribution is -2.30. The first-order valence-electron chi connectivity index (χ1n) is 7.08. The smallest absolute Gasteiger partial charge is 0.329 e. The van der Waals surface area contributed by atoms with E-state index in [1.54, 1.807) is 48.1 Å². The summed E-state index contributed by atoms with van der Waals surface area (Å²) in [5.41, 5.74) is 6.82. The molecule has 6 nitrogen and oxygen atoms in total. The molecule has 0 aliphatic rings. The van der Waals surface area contributed by atoms with E-state index in [1.165, 1.54) is 0 Å². The molecule has 116 valence electrons. The van der Waals surface area contributed by atoms with Gasteiger partial charge in [-0.1, -0.05) is 0 Å². The van der Waals surface area contributed by atoms with Gasteiger partial charge >= 0.3 is 5.69 Å². The minimum absolute atomic E-state index is 0.194. The van der Waals surface area contributed by atoms with Crippen molar-refractivity contribution in [2.24, 2.45) is 0 Å². The summed E-state index contributed by atoms with van der Waals surface area (Å²) in [7, 11) is 0. The van der Waals surface area contributed by atoms with E-state index in [-0.39, 0.29) is 12.2 Å². The average Bonchev–Trinajstić information content (AvgIpc) is 2.58. The maximum Gasteiger partial charge on any atom is 0.329 e. The van der Waals surface area contributed by atoms with Gasteiger partial charge in [0.25, 0.3) is 0 Å². The highest BCUT2D eigenvalue weighted by molar-refractivity contribution is 5.79. The zero-order valence-corrected chi connectivity index (χ0v) is 12.7. The minimum Gasteiger partial charge on any atom is -0.399 e. The van der Waals surface area contributed by atoms with E-state index >= 15 is 0 Å². The van der Waals surface area contributed by atoms with Crippen LogP contribution in [0.25, 0.3) is 11.0 Å². The van der Waals surface area contributed by atoms with Gasteiger partial charge in [-0.2, -0.15) is 0 Å². The normalized spacial score (nSPS) is 13.8. The number of nitrogens with zero attached hydrogens (tertiary/aromatic N) is 2. The molecule has 0 spiro atoms. The lowest BCUT2D eigenvalue weighted by molar-refractivity contribution is 0.0661. The number of fused-ring (bicyclic) bond motifs is 1. The lowest BCUT2D eigenvalue weighted by atomic mass is 10.1. The molecule has 0 fully saturated rings. The van der Waals surface area contributed by atoms with Crippen LogP contribution in [0.15, 0.2) is 23.0 Å². The summed E-state index contributed by atoms with van der Waals surface area (Å²) < 4.78 is 3.15. The van der Waals surface area contributed by atoms with Crippen LogP contribution in [0.3, 0.4) is 0 Å². The first kappa shape index (κ1) is 15.6. The summed E-state index contributed by atoms with van der Waals surface area (Å²) in [6, 6.07) is 5.27. The van der Waals surface area contributed by atoms with Crippen molar-refractivity contribution in [3.05, 3.63) is 28.7 Å². The number of aliphatic hydroxyl groups is 2. The number of imidazole rings is 1. The van der Waals surface area contributed by atoms with E-state index in [1.807, 2.05) is 0 Å². The first-order valence-corrected chi connectivity index (χ1v) is 7.08. The monoisotopic (exact) mass is 293 g/mol. The van der Waals surface area contributed by atoms with Crippen LogP contribution in [-0.4, -0.2) is 31.1 Å². The van der Waals surface area contributed by atoms with Gasteiger partial charge < -0.3 is 15.9 Å². The van der Waals surface area contributed by atoms with E-state index in [0.29, 0.717) is 18.7 Å². The summed E-state index contributed by atoms with van der Waals surface area (Å²) in [6.45, 7) is 5.69. The molecule has 1 aromatic heterocycles. The number of aromatic nitrogens is 2. The summed E-state index contributed by atoms with van der Waals surface area (Å²) >= 11 is 0. The van der Waals surface area contributed by atoms with Crippen molar-refractivity contribution in [3.8, 4) is 0 Å². The Morgan fingerprint density at radius 1 is 1.29 bits per heavy atom. The van der Waals surface area contributed by atoms with E-state index in [0.717, 1.165) is 11.0 Å². The van der Waals surface area contributed by atoms with Crippen LogP contribution < -0.4 is 11.4 Å². The lowest BCUT2D eigenvalue weighted by Gasteiger charge is -2.16. The zero-order chi connectivity index (χ0) is 15.8. The number of nitrogens with two attached hydrogens (primary N) is 1. The Labute approximate surface area is 123 Å². The number of aryl methyl sites for hydroxylation is 1. The largest absolute Gasteiger partial charge is 0.399 e. The maximum atomic E-state index is 12.5. The third-order valence-electron chi connectivity index (χ3n) is 3.44. The van der Waals surface area contributed by atoms with Gasteiger partial charge in [0.2, 0.25) is 0 Å². The molecule has 1 heterocycles. The highest BCUT2D eigenvalue weighted by atomic mass is 16.3. The third-order valence-corrected chi connectivity index (χ3v) is 3.44. The Bertz CT molecular complexity index is 692. The van der Waals surface area contributed by atoms with Gasteiger partial charge in [0.1, 0.15) is 0 Å². The Kier molecular flexibility index (Phi) is 4.11. The SMILES string of the molecule is C[C@H](O)Cn1c(=O)n(CCC(C)(C)O)c2cc(N)ccc21. The molecule has 0 amide bonds. The number of hydrogen-bond donors (Lipinski definition) is 3. The van der Waals surface area contributed by atoms with Crippen LogP contribution in [-0.2, 0) is 13.1 Å². The van der Waals surface area contributed by atoms with Crippen molar-refractivity contribution in [3.63, 3.8) is 0 Å². The van der Waals surface area contributed by atoms with Crippen LogP contribution in [0.5, 0.6) is 0 Å². The van der Waals surface area contributed by atoms with Crippen molar-refractivity contribution < 1.29 is 10.2 Å². The predicted molar refractivity (Wildman–Crippen MR) is 83.2 cm³/mol. The molecule has 0 unspecified atom stereocenters. The molecule has 4 N–H and O–H groups in total. The Balaban J connectivity index is 2.55. The van der Waals surface area contributed by atoms with Gasteiger partial charge in [-0.25, -0.2) is 4.79 Å². The molecule has 2 aromatic rings. The fourth-order valence-corrected chi connectivity index (χ4v) is 2.38. The minimum atomic E-state index is -0.849. The zero-order valence-electron chi connectivity index (χ0n) is 12.7. The molecular weight excluding hydrogens is 270 g/mol. The summed E-state index contributed by atoms with van der Waals surface area (Å²) in [4.78, 5) is 12.5. The van der Waals surface area contributed by atoms with E-state index in [2.05, 4.69) is 0 Å². The maximum absolute atomic E-state index is 12.5. The Morgan fingerprint density at radius 2 is 1.95 bits per heavy atom. The van der Waals surface area contributed by atoms with Gasteiger partial charge in [0.15, 0.2) is 0 Å². The molecular formula is C15H23N3O3. The number of hydrogen-bond acceptors (Lipinski definition) is 4. The van der Waals surface area contributed by atoms with Crippen molar-refractivity contribution in [2.45, 2.75) is 52.0 Å². The van der Waals surface area contributed by atoms with E-state index in [9.17, 15) is 15.0 Å². The predicted octanol–water partition coefficient (Wildman–Crippen LogP) is 0.927. The topological polar surface area (TPSA) is 93.4 Å². The molecule has 1 atom stereocenters. The standard InChI is InChI=1S/C15H23N3O3/c1-10(19)9-18-12-5-4-11(16)8-13(12)17(14(18)20)7-6-15(2,3)21/h4-5,8,10,19,21H,6-7,9,16H2,1-3H3/t10-/m0/s1. The fraction of sp³-hybridized carbons (Fsp3) is 0.533. The fourth-order valence-electron chi connectivity index (χ4n) is 2.38. The molecule has 1 aromatic carbocycles. The number of nitrogen functional groups attached to an aromatic ring is 1. The molecule has 0 saturated heterocycles. The average molecular weight is 293 g/mol. The molecule has 0 bridgehead atoms. The second-order valence-corrected chi connectivity index (χ2v) is 6.20. The Morgan fingerprint density at radius 3 is 2.52 bits per heavy atom. The number of benzene rings is 1. The molecule has 21 heavy (non-hydrogen) atoms. The molecule has 6 heteroatoms. The molecule has 0 aliphatic heterocycles. The second-order valence-electron chi connectivity index (χ2n) is 6.20. The molecule has 0 radical (unpaired) electrons. The second kappa shape index (κ2) is 5.54. The highest BCUT2D eigenvalue weighted by Gasteiger charge is 2.18. The number of aliphatic hydroxyl groups excluding tert-OH is 1. The van der Waals surface area contributed by atoms with Crippen LogP contribution in [0.4, 0.5) is 5.69 Å². The van der Waals surface area contributed by atoms with Crippen molar-refractivity contribution in [1.82, 2.24) is 9.13 Å². The van der Waals surface area contributed by atoms with Crippen molar-refractivity contribution in [2.75, 3.05) is 5.73 Å². The van der Waals surface area contributed by atoms with Crippen molar-refractivity contribution >= 4 is 16.7 Å². The van der Waals surface area contributed by atoms with Crippen LogP contribution in [0.2, 0.25) is 0 Å². The molecule has 0 aliphatic carbocycles. The van der Waals surface area contributed by atoms with Gasteiger partial charge in [-0.3, -0.25) is 9.13 Å². The summed E-state index contributed by atoms with van der Waals surface area (Å²) in [5.74, 6) is 0. The van der Waals surface area contributed by atoms with Crippen LogP contribution in [0.1, 0.15) is 27.2 Å². The van der Waals surface area contributed by atoms with Crippen LogP contribution in [0, 0.1) is 0 Å². The Hall–Kier alpha value is -1.79. The van der Waals surface area contributed by atoms with Crippen molar-refractivity contribution in [1.29, 1.82) is 0 Å². The van der Waals surface area contributed by atoms with E-state index < -0.39 is 11.7 Å². The number of anilines is 1. The molecule has 2 rings (SSSR count). The highest BCUT2D eigenvalue weighted by Crippen LogP contribution is 2.19. The quantitative estimate of drug-likeness (QED) is 0.715. The van der Waals surface area contributed by atoms with Crippen LogP contribution >= 0.6 is 0 Å². The molecule has 0 saturated carbocycles. The van der Waals surface area contributed by atoms with Gasteiger partial charge in [0.05, 0.1) is 29.3 Å². The summed E-state index contributed by atoms with van der Waals surface area (Å²) in [5, 5.41) is 19.4. The summed E-state index contributed by atoms with van der Waals surface area (Å²) in [6.07, 6.45) is -0.163. The third kappa shape index (κ3) is 3.46. The van der Waals surface area contributed by atoms with Gasteiger partial charge in [-0.15, -0.1) is 0 Å². The van der Waals surface area contributed by atoms with Gasteiger partial charge in [-0.05, 0) is 45.4 Å². The first-order chi connectivity index (χ1) is 9.69.